The van der Waals surface area contributed by atoms with Gasteiger partial charge in [0.1, 0.15) is 11.6 Å². The highest BCUT2D eigenvalue weighted by Crippen LogP contribution is 2.34. The summed E-state index contributed by atoms with van der Waals surface area (Å²) in [5, 5.41) is 14.4. The third-order valence-electron chi connectivity index (χ3n) is 8.01. The first-order chi connectivity index (χ1) is 18.5. The van der Waals surface area contributed by atoms with Crippen LogP contribution in [0.2, 0.25) is 5.02 Å². The molecule has 0 N–H and O–H groups in total. The van der Waals surface area contributed by atoms with Gasteiger partial charge in [-0.15, -0.1) is 5.10 Å². The van der Waals surface area contributed by atoms with E-state index in [-0.39, 0.29) is 11.9 Å². The second-order valence-corrected chi connectivity index (χ2v) is 11.0. The summed E-state index contributed by atoms with van der Waals surface area (Å²) in [6.45, 7) is 3.92. The molecule has 4 bridgehead atoms. The lowest BCUT2D eigenvalue weighted by Gasteiger charge is -2.35. The van der Waals surface area contributed by atoms with Crippen molar-refractivity contribution in [1.82, 2.24) is 34.5 Å². The van der Waals surface area contributed by atoms with E-state index in [2.05, 4.69) is 39.3 Å². The number of carbonyl (C=O) groups excluding carboxylic acids is 1. The number of fused-ring (bicyclic) bond motifs is 6. The van der Waals surface area contributed by atoms with Crippen LogP contribution in [0, 0.1) is 0 Å². The first-order valence-electron chi connectivity index (χ1n) is 13.4. The van der Waals surface area contributed by atoms with Crippen molar-refractivity contribution in [3.05, 3.63) is 64.1 Å². The molecule has 0 aliphatic carbocycles. The Morgan fingerprint density at radius 3 is 2.76 bits per heavy atom. The summed E-state index contributed by atoms with van der Waals surface area (Å²) in [7, 11) is 2.08. The molecule has 196 valence electrons. The van der Waals surface area contributed by atoms with E-state index in [1.807, 2.05) is 27.7 Å². The van der Waals surface area contributed by atoms with Crippen LogP contribution < -0.4 is 9.80 Å². The van der Waals surface area contributed by atoms with Crippen LogP contribution in [0.3, 0.4) is 0 Å². The van der Waals surface area contributed by atoms with Crippen molar-refractivity contribution < 1.29 is 4.79 Å². The minimum Gasteiger partial charge on any atom is -0.359 e. The number of aromatic nitrogens is 6. The highest BCUT2D eigenvalue weighted by Gasteiger charge is 2.33. The Morgan fingerprint density at radius 2 is 1.92 bits per heavy atom. The second-order valence-electron chi connectivity index (χ2n) is 10.5. The maximum absolute atomic E-state index is 14.1. The highest BCUT2D eigenvalue weighted by molar-refractivity contribution is 6.31. The van der Waals surface area contributed by atoms with Crippen molar-refractivity contribution in [1.29, 1.82) is 0 Å². The van der Waals surface area contributed by atoms with E-state index in [1.54, 1.807) is 10.7 Å². The Kier molecular flexibility index (Phi) is 5.72. The van der Waals surface area contributed by atoms with Crippen LogP contribution in [0.5, 0.6) is 0 Å². The van der Waals surface area contributed by atoms with Gasteiger partial charge < -0.3 is 14.7 Å². The third kappa shape index (κ3) is 4.07. The monoisotopic (exact) mass is 531 g/mol. The van der Waals surface area contributed by atoms with E-state index in [0.29, 0.717) is 23.7 Å². The summed E-state index contributed by atoms with van der Waals surface area (Å²) in [5.41, 5.74) is 4.07. The van der Waals surface area contributed by atoms with Gasteiger partial charge in [-0.25, -0.2) is 9.67 Å². The lowest BCUT2D eigenvalue weighted by Crippen LogP contribution is -2.39. The SMILES string of the molecule is CN1CCc2cn(nn2)Cc2ccc(Cl)cc2C(=O)N2CCCCC2c2cc3nc(N4CCC4)cc1n3n2. The fraction of sp³-hybridized carbons (Fsp3) is 0.444. The molecule has 7 rings (SSSR count). The molecule has 0 spiro atoms. The molecule has 4 aromatic rings. The first-order valence-corrected chi connectivity index (χ1v) is 13.8. The van der Waals surface area contributed by atoms with Gasteiger partial charge in [-0.1, -0.05) is 22.9 Å². The molecule has 3 aliphatic heterocycles. The minimum absolute atomic E-state index is 0.0248. The number of benzene rings is 1. The Bertz CT molecular complexity index is 1520. The molecule has 1 aromatic carbocycles. The Morgan fingerprint density at radius 1 is 1.03 bits per heavy atom. The van der Waals surface area contributed by atoms with Crippen molar-refractivity contribution in [3.63, 3.8) is 0 Å². The molecule has 6 heterocycles. The molecular weight excluding hydrogens is 502 g/mol. The van der Waals surface area contributed by atoms with E-state index >= 15 is 0 Å². The average Bonchev–Trinajstić information content (AvgIpc) is 3.53. The van der Waals surface area contributed by atoms with E-state index in [0.717, 1.165) is 79.6 Å². The molecule has 3 aromatic heterocycles. The number of hydrogen-bond donors (Lipinski definition) is 0. The molecule has 0 radical (unpaired) electrons. The van der Waals surface area contributed by atoms with Gasteiger partial charge >= 0.3 is 0 Å². The van der Waals surface area contributed by atoms with Gasteiger partial charge in [0, 0.05) is 68.6 Å². The number of carbonyl (C=O) groups is 1. The van der Waals surface area contributed by atoms with E-state index in [4.69, 9.17) is 21.7 Å². The maximum atomic E-state index is 14.1. The highest BCUT2D eigenvalue weighted by atomic mass is 35.5. The van der Waals surface area contributed by atoms with Gasteiger partial charge in [0.25, 0.3) is 5.91 Å². The molecular formula is C27H30ClN9O. The molecule has 0 saturated carbocycles. The molecule has 11 heteroatoms. The summed E-state index contributed by atoms with van der Waals surface area (Å²) < 4.78 is 3.74. The Labute approximate surface area is 225 Å². The lowest BCUT2D eigenvalue weighted by atomic mass is 9.97. The Balaban J connectivity index is 1.39. The molecule has 2 saturated heterocycles. The predicted molar refractivity (Wildman–Crippen MR) is 145 cm³/mol. The number of hydrogen-bond acceptors (Lipinski definition) is 7. The van der Waals surface area contributed by atoms with Crippen molar-refractivity contribution in [2.24, 2.45) is 0 Å². The van der Waals surface area contributed by atoms with Gasteiger partial charge in [0.15, 0.2) is 5.65 Å². The van der Waals surface area contributed by atoms with Crippen LogP contribution >= 0.6 is 11.6 Å². The molecule has 1 amide bonds. The summed E-state index contributed by atoms with van der Waals surface area (Å²) in [5.74, 6) is 1.93. The zero-order valence-electron chi connectivity index (χ0n) is 21.4. The van der Waals surface area contributed by atoms with Crippen molar-refractivity contribution in [2.45, 2.75) is 44.7 Å². The van der Waals surface area contributed by atoms with E-state index < -0.39 is 0 Å². The summed E-state index contributed by atoms with van der Waals surface area (Å²) in [6.07, 6.45) is 6.75. The van der Waals surface area contributed by atoms with Crippen LogP contribution in [-0.4, -0.2) is 73.6 Å². The number of likely N-dealkylation sites (N-methyl/N-ethyl adjacent to an activating group) is 1. The number of anilines is 2. The lowest BCUT2D eigenvalue weighted by molar-refractivity contribution is 0.0604. The fourth-order valence-electron chi connectivity index (χ4n) is 5.73. The Hall–Kier alpha value is -3.66. The first kappa shape index (κ1) is 23.5. The maximum Gasteiger partial charge on any atom is 0.254 e. The summed E-state index contributed by atoms with van der Waals surface area (Å²) in [6, 6.07) is 9.61. The van der Waals surface area contributed by atoms with Crippen molar-refractivity contribution >= 4 is 34.8 Å². The quantitative estimate of drug-likeness (QED) is 0.371. The normalized spacial score (nSPS) is 20.0. The fourth-order valence-corrected chi connectivity index (χ4v) is 5.90. The topological polar surface area (TPSA) is 87.7 Å². The average molecular weight is 532 g/mol. The zero-order chi connectivity index (χ0) is 25.8. The van der Waals surface area contributed by atoms with Crippen LogP contribution in [0.15, 0.2) is 36.5 Å². The van der Waals surface area contributed by atoms with Gasteiger partial charge in [-0.3, -0.25) is 4.79 Å². The molecule has 38 heavy (non-hydrogen) atoms. The van der Waals surface area contributed by atoms with E-state index in [9.17, 15) is 4.79 Å². The molecule has 10 nitrogen and oxygen atoms in total. The third-order valence-corrected chi connectivity index (χ3v) is 8.25. The van der Waals surface area contributed by atoms with Crippen LogP contribution in [0.1, 0.15) is 59.0 Å². The molecule has 2 fully saturated rings. The minimum atomic E-state index is -0.124. The van der Waals surface area contributed by atoms with Crippen molar-refractivity contribution in [3.8, 4) is 0 Å². The molecule has 1 atom stereocenters. The van der Waals surface area contributed by atoms with Crippen molar-refractivity contribution in [2.75, 3.05) is 43.0 Å². The number of amides is 1. The number of rotatable bonds is 1. The number of nitrogens with zero attached hydrogens (tertiary/aromatic N) is 9. The van der Waals surface area contributed by atoms with Gasteiger partial charge in [-0.2, -0.15) is 9.61 Å². The molecule has 1 unspecified atom stereocenters. The van der Waals surface area contributed by atoms with Gasteiger partial charge in [0.05, 0.1) is 24.0 Å². The van der Waals surface area contributed by atoms with E-state index in [1.165, 1.54) is 6.42 Å². The molecule has 3 aliphatic rings. The largest absolute Gasteiger partial charge is 0.359 e. The van der Waals surface area contributed by atoms with Crippen LogP contribution in [0.25, 0.3) is 5.65 Å². The number of piperidine rings is 1. The number of halogens is 1. The van der Waals surface area contributed by atoms with Gasteiger partial charge in [-0.05, 0) is 43.4 Å². The standard InChI is InChI=1S/C27H30ClN9O/c1-33-12-8-20-17-35(32-30-20)16-18-6-7-19(28)13-21(18)27(38)36-11-3-2-5-23(36)22-14-25-29-24(34-9-4-10-34)15-26(33)37(25)31-22/h6-7,13-15,17,23H,2-5,8-12,16H2,1H3. The van der Waals surface area contributed by atoms with Gasteiger partial charge in [0.2, 0.25) is 0 Å². The van der Waals surface area contributed by atoms with Crippen LogP contribution in [-0.2, 0) is 13.0 Å². The zero-order valence-corrected chi connectivity index (χ0v) is 22.2. The van der Waals surface area contributed by atoms with Crippen LogP contribution in [0.4, 0.5) is 11.6 Å². The summed E-state index contributed by atoms with van der Waals surface area (Å²) >= 11 is 6.39. The summed E-state index contributed by atoms with van der Waals surface area (Å²) in [4.78, 5) is 25.6. The second kappa shape index (κ2) is 9.27. The smallest absolute Gasteiger partial charge is 0.254 e. The predicted octanol–water partition coefficient (Wildman–Crippen LogP) is 3.59.